The maximum absolute atomic E-state index is 5.24. The molecule has 2 unspecified atom stereocenters. The van der Waals surface area contributed by atoms with Gasteiger partial charge >= 0.3 is 0 Å². The topological polar surface area (TPSA) is 59.7 Å². The molecule has 4 heterocycles. The summed E-state index contributed by atoms with van der Waals surface area (Å²) < 4.78 is 2.34. The number of aryl methyl sites for hydroxylation is 1. The van der Waals surface area contributed by atoms with Crippen LogP contribution in [0.25, 0.3) is 74.3 Å². The fourth-order valence-corrected chi connectivity index (χ4v) is 8.61. The highest BCUT2D eigenvalue weighted by Gasteiger charge is 2.38. The third-order valence-corrected chi connectivity index (χ3v) is 11.2. The lowest BCUT2D eigenvalue weighted by molar-refractivity contribution is 0.794. The van der Waals surface area contributed by atoms with E-state index in [2.05, 4.69) is 162 Å². The maximum atomic E-state index is 5.24. The summed E-state index contributed by atoms with van der Waals surface area (Å²) in [6.45, 7) is 2.09. The molecule has 57 heavy (non-hydrogen) atoms. The van der Waals surface area contributed by atoms with Crippen molar-refractivity contribution < 1.29 is 0 Å². The van der Waals surface area contributed by atoms with Crippen molar-refractivity contribution in [2.75, 3.05) is 4.90 Å². The van der Waals surface area contributed by atoms with Gasteiger partial charge in [0.1, 0.15) is 5.82 Å². The molecule has 1 aliphatic heterocycles. The van der Waals surface area contributed by atoms with E-state index < -0.39 is 0 Å². The molecule has 0 bridgehead atoms. The Morgan fingerprint density at radius 1 is 0.491 bits per heavy atom. The second-order valence-electron chi connectivity index (χ2n) is 14.8. The van der Waals surface area contributed by atoms with Crippen molar-refractivity contribution in [2.24, 2.45) is 0 Å². The van der Waals surface area contributed by atoms with Crippen LogP contribution in [0.1, 0.15) is 17.0 Å². The van der Waals surface area contributed by atoms with Crippen LogP contribution in [0, 0.1) is 6.92 Å². The van der Waals surface area contributed by atoms with Crippen molar-refractivity contribution in [1.82, 2.24) is 24.5 Å². The number of anilines is 2. The SMILES string of the molecule is Cc1cccc(-c2nc(-c3ccccc3)nc(-c3ccc(N4c5ccccc5C5C=c6c(n(-c7cccc(-c8ccccc8)n7)c7ccccc67)=CC54)cc3)n2)c1. The van der Waals surface area contributed by atoms with E-state index in [-0.39, 0.29) is 12.0 Å². The van der Waals surface area contributed by atoms with E-state index in [4.69, 9.17) is 19.9 Å². The van der Waals surface area contributed by atoms with Crippen molar-refractivity contribution in [3.8, 4) is 51.2 Å². The summed E-state index contributed by atoms with van der Waals surface area (Å²) in [7, 11) is 0. The lowest BCUT2D eigenvalue weighted by Crippen LogP contribution is -2.40. The first-order valence-electron chi connectivity index (χ1n) is 19.4. The fraction of sp³-hybridized carbons (Fsp3) is 0.0588. The van der Waals surface area contributed by atoms with Gasteiger partial charge in [-0.25, -0.2) is 19.9 Å². The van der Waals surface area contributed by atoms with E-state index in [1.165, 1.54) is 21.9 Å². The molecular weight excluding hydrogens is 697 g/mol. The molecule has 0 fully saturated rings. The lowest BCUT2D eigenvalue weighted by atomic mass is 9.90. The quantitative estimate of drug-likeness (QED) is 0.170. The Hall–Kier alpha value is -7.44. The van der Waals surface area contributed by atoms with Crippen LogP contribution in [0.15, 0.2) is 176 Å². The van der Waals surface area contributed by atoms with Gasteiger partial charge in [-0.2, -0.15) is 0 Å². The van der Waals surface area contributed by atoms with E-state index in [1.54, 1.807) is 0 Å². The molecule has 0 radical (unpaired) electrons. The van der Waals surface area contributed by atoms with Gasteiger partial charge in [-0.05, 0) is 73.2 Å². The standard InChI is InChI=1S/C51H36N6/c1-33-14-12-19-37(30-33)51-54-49(35-17-6-3-7-18-35)53-50(55-51)36-26-28-38(29-27-36)56-44-23-10-8-20-39(44)41-31-42-40-21-9-11-24-45(40)57(47(42)32-46(41)56)48-25-13-22-43(52-48)34-15-4-2-5-16-34/h2-32,41,46H,1H3. The van der Waals surface area contributed by atoms with Crippen LogP contribution in [0.2, 0.25) is 0 Å². The third kappa shape index (κ3) is 5.64. The largest absolute Gasteiger partial charge is 0.333 e. The summed E-state index contributed by atoms with van der Waals surface area (Å²) in [6.07, 6.45) is 4.94. The fourth-order valence-electron chi connectivity index (χ4n) is 8.61. The van der Waals surface area contributed by atoms with Crippen molar-refractivity contribution in [2.45, 2.75) is 18.9 Å². The van der Waals surface area contributed by atoms with Gasteiger partial charge in [0.05, 0.1) is 22.6 Å². The van der Waals surface area contributed by atoms with Gasteiger partial charge in [0, 0.05) is 50.2 Å². The Morgan fingerprint density at radius 3 is 1.89 bits per heavy atom. The average Bonchev–Trinajstić information content (AvgIpc) is 3.78. The molecular formula is C51H36N6. The summed E-state index contributed by atoms with van der Waals surface area (Å²) in [6, 6.07) is 61.4. The van der Waals surface area contributed by atoms with Gasteiger partial charge in [-0.3, -0.25) is 4.57 Å². The molecule has 2 aliphatic rings. The third-order valence-electron chi connectivity index (χ3n) is 11.2. The first-order valence-corrected chi connectivity index (χ1v) is 19.4. The summed E-state index contributed by atoms with van der Waals surface area (Å²) in [4.78, 5) is 22.7. The zero-order chi connectivity index (χ0) is 37.9. The molecule has 11 rings (SSSR count). The van der Waals surface area contributed by atoms with Crippen LogP contribution >= 0.6 is 0 Å². The minimum Gasteiger partial charge on any atom is -0.333 e. The minimum absolute atomic E-state index is 0.0518. The van der Waals surface area contributed by atoms with Crippen LogP contribution < -0.4 is 15.5 Å². The smallest absolute Gasteiger partial charge is 0.164 e. The van der Waals surface area contributed by atoms with Gasteiger partial charge in [0.2, 0.25) is 0 Å². The Labute approximate surface area is 330 Å². The molecule has 0 amide bonds. The van der Waals surface area contributed by atoms with Crippen LogP contribution in [0.4, 0.5) is 11.4 Å². The van der Waals surface area contributed by atoms with Crippen LogP contribution in [0.3, 0.4) is 0 Å². The predicted molar refractivity (Wildman–Crippen MR) is 231 cm³/mol. The van der Waals surface area contributed by atoms with Gasteiger partial charge in [0.25, 0.3) is 0 Å². The molecule has 9 aromatic rings. The zero-order valence-electron chi connectivity index (χ0n) is 31.2. The molecule has 6 nitrogen and oxygen atoms in total. The average molecular weight is 733 g/mol. The van der Waals surface area contributed by atoms with Crippen molar-refractivity contribution in [3.05, 3.63) is 198 Å². The maximum Gasteiger partial charge on any atom is 0.164 e. The Morgan fingerprint density at radius 2 is 1.12 bits per heavy atom. The zero-order valence-corrected chi connectivity index (χ0v) is 31.2. The monoisotopic (exact) mass is 732 g/mol. The minimum atomic E-state index is 0.0518. The second-order valence-corrected chi connectivity index (χ2v) is 14.8. The number of rotatable bonds is 6. The normalized spacial score (nSPS) is 15.4. The summed E-state index contributed by atoms with van der Waals surface area (Å²) in [5.41, 5.74) is 10.8. The van der Waals surface area contributed by atoms with Crippen molar-refractivity contribution >= 4 is 34.4 Å². The first-order chi connectivity index (χ1) is 28.2. The number of hydrogen-bond donors (Lipinski definition) is 0. The van der Waals surface area contributed by atoms with E-state index in [9.17, 15) is 0 Å². The first kappa shape index (κ1) is 32.9. The van der Waals surface area contributed by atoms with Crippen LogP contribution in [0.5, 0.6) is 0 Å². The molecule has 0 spiro atoms. The lowest BCUT2D eigenvalue weighted by Gasteiger charge is -2.29. The van der Waals surface area contributed by atoms with E-state index >= 15 is 0 Å². The number of benzene rings is 6. The van der Waals surface area contributed by atoms with E-state index in [0.29, 0.717) is 17.5 Å². The number of aromatic nitrogens is 5. The number of fused-ring (bicyclic) bond motifs is 6. The summed E-state index contributed by atoms with van der Waals surface area (Å²) in [5.74, 6) is 3.03. The van der Waals surface area contributed by atoms with Crippen LogP contribution in [-0.4, -0.2) is 30.5 Å². The van der Waals surface area contributed by atoms with Crippen LogP contribution in [-0.2, 0) is 0 Å². The Bertz CT molecular complexity index is 3100. The molecule has 270 valence electrons. The number of para-hydroxylation sites is 2. The molecule has 6 heteroatoms. The molecule has 0 saturated heterocycles. The molecule has 1 aliphatic carbocycles. The molecule has 3 aromatic heterocycles. The summed E-state index contributed by atoms with van der Waals surface area (Å²) in [5, 5.41) is 3.64. The predicted octanol–water partition coefficient (Wildman–Crippen LogP) is 10.1. The highest BCUT2D eigenvalue weighted by atomic mass is 15.2. The highest BCUT2D eigenvalue weighted by molar-refractivity contribution is 5.88. The summed E-state index contributed by atoms with van der Waals surface area (Å²) >= 11 is 0. The highest BCUT2D eigenvalue weighted by Crippen LogP contribution is 2.47. The van der Waals surface area contributed by atoms with E-state index in [0.717, 1.165) is 55.9 Å². The Kier molecular flexibility index (Phi) is 7.74. The van der Waals surface area contributed by atoms with Gasteiger partial charge in [-0.1, -0.05) is 133 Å². The number of nitrogens with zero attached hydrogens (tertiary/aromatic N) is 6. The molecule has 0 N–H and O–H groups in total. The van der Waals surface area contributed by atoms with Crippen molar-refractivity contribution in [3.63, 3.8) is 0 Å². The van der Waals surface area contributed by atoms with E-state index in [1.807, 2.05) is 42.5 Å². The van der Waals surface area contributed by atoms with Gasteiger partial charge in [0.15, 0.2) is 17.5 Å². The van der Waals surface area contributed by atoms with Crippen molar-refractivity contribution in [1.29, 1.82) is 0 Å². The second kappa shape index (κ2) is 13.4. The number of hydrogen-bond acceptors (Lipinski definition) is 5. The van der Waals surface area contributed by atoms with Gasteiger partial charge in [-0.15, -0.1) is 0 Å². The molecule has 6 aromatic carbocycles. The van der Waals surface area contributed by atoms with Gasteiger partial charge < -0.3 is 4.90 Å². The Balaban J connectivity index is 1.04. The molecule has 0 saturated carbocycles. The number of pyridine rings is 1. The molecule has 2 atom stereocenters.